The first kappa shape index (κ1) is 15.4. The first-order chi connectivity index (χ1) is 9.86. The molecule has 1 heterocycles. The van der Waals surface area contributed by atoms with Gasteiger partial charge in [0.05, 0.1) is 5.69 Å². The normalized spacial score (nSPS) is 22.0. The highest BCUT2D eigenvalue weighted by Crippen LogP contribution is 2.21. The van der Waals surface area contributed by atoms with Gasteiger partial charge in [0, 0.05) is 19.2 Å². The van der Waals surface area contributed by atoms with Crippen LogP contribution in [0.2, 0.25) is 0 Å². The fourth-order valence-electron chi connectivity index (χ4n) is 2.74. The van der Waals surface area contributed by atoms with E-state index in [4.69, 9.17) is 0 Å². The highest BCUT2D eigenvalue weighted by Gasteiger charge is 2.29. The number of nitrogens with zero attached hydrogens (tertiary/aromatic N) is 1. The van der Waals surface area contributed by atoms with Gasteiger partial charge in [-0.3, -0.25) is 9.59 Å². The molecule has 2 rings (SSSR count). The fourth-order valence-corrected chi connectivity index (χ4v) is 2.74. The third-order valence-corrected chi connectivity index (χ3v) is 3.53. The third-order valence-electron chi connectivity index (χ3n) is 3.53. The molecule has 6 heteroatoms. The number of carbonyl (C=O) groups is 2. The van der Waals surface area contributed by atoms with Gasteiger partial charge in [0.25, 0.3) is 0 Å². The lowest BCUT2D eigenvalue weighted by atomic mass is 9.92. The van der Waals surface area contributed by atoms with Crippen LogP contribution < -0.4 is 5.32 Å². The van der Waals surface area contributed by atoms with Crippen molar-refractivity contribution in [1.82, 2.24) is 4.90 Å². The number of anilines is 1. The largest absolute Gasteiger partial charge is 0.334 e. The molecule has 0 saturated carbocycles. The van der Waals surface area contributed by atoms with Crippen LogP contribution in [0.25, 0.3) is 0 Å². The summed E-state index contributed by atoms with van der Waals surface area (Å²) in [7, 11) is 0. The van der Waals surface area contributed by atoms with Crippen LogP contribution in [0.1, 0.15) is 20.3 Å². The minimum absolute atomic E-state index is 0.316. The van der Waals surface area contributed by atoms with Gasteiger partial charge in [0.1, 0.15) is 11.6 Å². The Kier molecular flexibility index (Phi) is 4.55. The summed E-state index contributed by atoms with van der Waals surface area (Å²) in [6.45, 7) is 5.03. The van der Waals surface area contributed by atoms with Crippen molar-refractivity contribution in [2.24, 2.45) is 11.8 Å². The monoisotopic (exact) mass is 296 g/mol. The van der Waals surface area contributed by atoms with Crippen molar-refractivity contribution in [3.63, 3.8) is 0 Å². The zero-order valence-corrected chi connectivity index (χ0v) is 12.0. The molecule has 0 radical (unpaired) electrons. The maximum absolute atomic E-state index is 13.5. The standard InChI is InChI=1S/C15H18F2N2O2/c1-9-5-10(2)8-19(7-9)15(21)14(20)18-13-6-11(16)3-4-12(13)17/h3-4,6,9-10H,5,7-8H2,1-2H3,(H,18,20). The van der Waals surface area contributed by atoms with E-state index in [1.807, 2.05) is 13.8 Å². The van der Waals surface area contributed by atoms with E-state index in [0.29, 0.717) is 24.9 Å². The third kappa shape index (κ3) is 3.77. The number of likely N-dealkylation sites (tertiary alicyclic amines) is 1. The summed E-state index contributed by atoms with van der Waals surface area (Å²) in [6.07, 6.45) is 1.00. The van der Waals surface area contributed by atoms with Crippen LogP contribution in [0.4, 0.5) is 14.5 Å². The summed E-state index contributed by atoms with van der Waals surface area (Å²) in [6, 6.07) is 2.70. The number of rotatable bonds is 1. The van der Waals surface area contributed by atoms with E-state index in [2.05, 4.69) is 5.32 Å². The Hall–Kier alpha value is -1.98. The van der Waals surface area contributed by atoms with Crippen molar-refractivity contribution in [2.45, 2.75) is 20.3 Å². The van der Waals surface area contributed by atoms with E-state index >= 15 is 0 Å². The second kappa shape index (κ2) is 6.20. The van der Waals surface area contributed by atoms with Crippen molar-refractivity contribution < 1.29 is 18.4 Å². The summed E-state index contributed by atoms with van der Waals surface area (Å²) >= 11 is 0. The lowest BCUT2D eigenvalue weighted by molar-refractivity contribution is -0.145. The van der Waals surface area contributed by atoms with Crippen molar-refractivity contribution in [2.75, 3.05) is 18.4 Å². The van der Waals surface area contributed by atoms with Crippen molar-refractivity contribution in [1.29, 1.82) is 0 Å². The lowest BCUT2D eigenvalue weighted by Gasteiger charge is -2.34. The van der Waals surface area contributed by atoms with Crippen LogP contribution in [-0.4, -0.2) is 29.8 Å². The van der Waals surface area contributed by atoms with E-state index in [0.717, 1.165) is 24.6 Å². The Bertz CT molecular complexity index is 553. The van der Waals surface area contributed by atoms with Gasteiger partial charge < -0.3 is 10.2 Å². The summed E-state index contributed by atoms with van der Waals surface area (Å²) in [4.78, 5) is 25.4. The van der Waals surface area contributed by atoms with Crippen LogP contribution in [0.3, 0.4) is 0 Å². The summed E-state index contributed by atoms with van der Waals surface area (Å²) in [5.41, 5.74) is -0.327. The van der Waals surface area contributed by atoms with Crippen molar-refractivity contribution >= 4 is 17.5 Å². The molecule has 1 aliphatic rings. The van der Waals surface area contributed by atoms with E-state index in [9.17, 15) is 18.4 Å². The van der Waals surface area contributed by atoms with Crippen molar-refractivity contribution in [3.05, 3.63) is 29.8 Å². The summed E-state index contributed by atoms with van der Waals surface area (Å²) in [5, 5.41) is 2.13. The molecule has 0 spiro atoms. The average Bonchev–Trinajstić information content (AvgIpc) is 2.41. The molecule has 2 unspecified atom stereocenters. The Morgan fingerprint density at radius 3 is 2.43 bits per heavy atom. The molecule has 114 valence electrons. The quantitative estimate of drug-likeness (QED) is 0.809. The molecule has 1 aromatic carbocycles. The molecule has 2 amide bonds. The number of nitrogens with one attached hydrogen (secondary N) is 1. The number of carbonyl (C=O) groups excluding carboxylic acids is 2. The predicted octanol–water partition coefficient (Wildman–Crippen LogP) is 2.41. The summed E-state index contributed by atoms with van der Waals surface area (Å²) < 4.78 is 26.5. The number of benzene rings is 1. The van der Waals surface area contributed by atoms with Crippen LogP contribution >= 0.6 is 0 Å². The molecule has 1 aliphatic heterocycles. The van der Waals surface area contributed by atoms with Gasteiger partial charge in [-0.25, -0.2) is 8.78 Å². The lowest BCUT2D eigenvalue weighted by Crippen LogP contribution is -2.47. The van der Waals surface area contributed by atoms with Gasteiger partial charge in [0.2, 0.25) is 0 Å². The zero-order chi connectivity index (χ0) is 15.6. The van der Waals surface area contributed by atoms with Gasteiger partial charge in [-0.05, 0) is 30.4 Å². The molecule has 21 heavy (non-hydrogen) atoms. The van der Waals surface area contributed by atoms with Crippen LogP contribution in [-0.2, 0) is 9.59 Å². The van der Waals surface area contributed by atoms with E-state index < -0.39 is 23.4 Å². The number of amides is 2. The smallest absolute Gasteiger partial charge is 0.313 e. The first-order valence-corrected chi connectivity index (χ1v) is 6.92. The fraction of sp³-hybridized carbons (Fsp3) is 0.467. The Morgan fingerprint density at radius 2 is 1.81 bits per heavy atom. The van der Waals surface area contributed by atoms with E-state index in [1.54, 1.807) is 0 Å². The highest BCUT2D eigenvalue weighted by atomic mass is 19.1. The maximum Gasteiger partial charge on any atom is 0.313 e. The first-order valence-electron chi connectivity index (χ1n) is 6.92. The topological polar surface area (TPSA) is 49.4 Å². The molecule has 1 N–H and O–H groups in total. The molecule has 2 atom stereocenters. The molecular formula is C15H18F2N2O2. The number of hydrogen-bond donors (Lipinski definition) is 1. The van der Waals surface area contributed by atoms with Crippen molar-refractivity contribution in [3.8, 4) is 0 Å². The summed E-state index contributed by atoms with van der Waals surface area (Å²) in [5.74, 6) is -2.48. The van der Waals surface area contributed by atoms with E-state index in [1.165, 1.54) is 4.90 Å². The Balaban J connectivity index is 2.06. The second-order valence-corrected chi connectivity index (χ2v) is 5.73. The van der Waals surface area contributed by atoms with E-state index in [-0.39, 0.29) is 5.69 Å². The minimum Gasteiger partial charge on any atom is -0.334 e. The Labute approximate surface area is 122 Å². The van der Waals surface area contributed by atoms with Gasteiger partial charge in [-0.15, -0.1) is 0 Å². The average molecular weight is 296 g/mol. The molecule has 1 fully saturated rings. The molecule has 0 bridgehead atoms. The maximum atomic E-state index is 13.5. The van der Waals surface area contributed by atoms with Gasteiger partial charge >= 0.3 is 11.8 Å². The van der Waals surface area contributed by atoms with Crippen LogP contribution in [0, 0.1) is 23.5 Å². The Morgan fingerprint density at radius 1 is 1.19 bits per heavy atom. The SMILES string of the molecule is CC1CC(C)CN(C(=O)C(=O)Nc2cc(F)ccc2F)C1. The zero-order valence-electron chi connectivity index (χ0n) is 12.0. The molecular weight excluding hydrogens is 278 g/mol. The van der Waals surface area contributed by atoms with Gasteiger partial charge in [0.15, 0.2) is 0 Å². The minimum atomic E-state index is -0.944. The van der Waals surface area contributed by atoms with Crippen LogP contribution in [0.5, 0.6) is 0 Å². The van der Waals surface area contributed by atoms with Gasteiger partial charge in [-0.2, -0.15) is 0 Å². The number of halogens is 2. The van der Waals surface area contributed by atoms with Gasteiger partial charge in [-0.1, -0.05) is 13.8 Å². The number of piperidine rings is 1. The second-order valence-electron chi connectivity index (χ2n) is 5.73. The molecule has 1 aromatic rings. The molecule has 4 nitrogen and oxygen atoms in total. The van der Waals surface area contributed by atoms with Crippen LogP contribution in [0.15, 0.2) is 18.2 Å². The molecule has 1 saturated heterocycles. The molecule has 0 aliphatic carbocycles. The molecule has 0 aromatic heterocycles. The predicted molar refractivity (Wildman–Crippen MR) is 74.5 cm³/mol. The highest BCUT2D eigenvalue weighted by molar-refractivity contribution is 6.39. The number of hydrogen-bond acceptors (Lipinski definition) is 2.